The van der Waals surface area contributed by atoms with Crippen molar-refractivity contribution >= 4 is 22.9 Å². The molecule has 174 valence electrons. The standard InChI is InChI=1S/C26H31N3O3S/c1-19(27-26(30)20-16-22(31-2)18-23(17-20)32-3)25(24-10-7-15-33-24)29-13-11-28(12-14-29)21-8-5-4-6-9-21/h4-10,15-19,25H,11-14H2,1-3H3,(H,27,30)/t19-,25+/m0/s1. The number of methoxy groups -OCH3 is 2. The second-order valence-electron chi connectivity index (χ2n) is 8.18. The van der Waals surface area contributed by atoms with E-state index in [1.807, 2.05) is 0 Å². The third-order valence-electron chi connectivity index (χ3n) is 6.11. The summed E-state index contributed by atoms with van der Waals surface area (Å²) in [5, 5.41) is 5.33. The van der Waals surface area contributed by atoms with E-state index >= 15 is 0 Å². The van der Waals surface area contributed by atoms with Crippen LogP contribution >= 0.6 is 11.3 Å². The number of ether oxygens (including phenoxy) is 2. The monoisotopic (exact) mass is 465 g/mol. The first-order chi connectivity index (χ1) is 16.1. The zero-order valence-electron chi connectivity index (χ0n) is 19.4. The highest BCUT2D eigenvalue weighted by molar-refractivity contribution is 7.10. The first kappa shape index (κ1) is 23.1. The number of rotatable bonds is 8. The molecule has 6 nitrogen and oxygen atoms in total. The van der Waals surface area contributed by atoms with E-state index in [2.05, 4.69) is 69.9 Å². The maximum atomic E-state index is 13.1. The molecule has 0 aliphatic carbocycles. The van der Waals surface area contributed by atoms with Crippen molar-refractivity contribution in [1.82, 2.24) is 10.2 Å². The third-order valence-corrected chi connectivity index (χ3v) is 7.05. The van der Waals surface area contributed by atoms with Gasteiger partial charge in [0.2, 0.25) is 0 Å². The molecule has 0 bridgehead atoms. The lowest BCUT2D eigenvalue weighted by atomic mass is 10.0. The summed E-state index contributed by atoms with van der Waals surface area (Å²) < 4.78 is 10.7. The topological polar surface area (TPSA) is 54.0 Å². The molecule has 4 rings (SSSR count). The number of para-hydroxylation sites is 1. The van der Waals surface area contributed by atoms with E-state index in [0.29, 0.717) is 17.1 Å². The third kappa shape index (κ3) is 5.49. The smallest absolute Gasteiger partial charge is 0.251 e. The Morgan fingerprint density at radius 1 is 0.939 bits per heavy atom. The van der Waals surface area contributed by atoms with Gasteiger partial charge in [-0.05, 0) is 42.6 Å². The molecular formula is C26H31N3O3S. The lowest BCUT2D eigenvalue weighted by Crippen LogP contribution is -2.52. The number of hydrogen-bond acceptors (Lipinski definition) is 6. The van der Waals surface area contributed by atoms with Crippen LogP contribution in [0.15, 0.2) is 66.0 Å². The van der Waals surface area contributed by atoms with Gasteiger partial charge in [0.1, 0.15) is 11.5 Å². The second-order valence-corrected chi connectivity index (χ2v) is 9.16. The van der Waals surface area contributed by atoms with Crippen molar-refractivity contribution in [3.63, 3.8) is 0 Å². The number of hydrogen-bond donors (Lipinski definition) is 1. The Balaban J connectivity index is 1.48. The number of thiophene rings is 1. The minimum Gasteiger partial charge on any atom is -0.497 e. The van der Waals surface area contributed by atoms with E-state index in [0.717, 1.165) is 26.2 Å². The Bertz CT molecular complexity index is 1010. The number of amides is 1. The Morgan fingerprint density at radius 2 is 1.61 bits per heavy atom. The summed E-state index contributed by atoms with van der Waals surface area (Å²) in [6.07, 6.45) is 0. The van der Waals surface area contributed by atoms with Crippen LogP contribution in [-0.2, 0) is 0 Å². The van der Waals surface area contributed by atoms with Crippen molar-refractivity contribution in [2.75, 3.05) is 45.3 Å². The summed E-state index contributed by atoms with van der Waals surface area (Å²) >= 11 is 1.74. The molecule has 7 heteroatoms. The molecule has 0 spiro atoms. The highest BCUT2D eigenvalue weighted by Crippen LogP contribution is 2.31. The number of anilines is 1. The van der Waals surface area contributed by atoms with E-state index in [4.69, 9.17) is 9.47 Å². The van der Waals surface area contributed by atoms with Crippen molar-refractivity contribution in [3.05, 3.63) is 76.5 Å². The van der Waals surface area contributed by atoms with Gasteiger partial charge in [-0.25, -0.2) is 0 Å². The van der Waals surface area contributed by atoms with Crippen LogP contribution in [0.5, 0.6) is 11.5 Å². The predicted molar refractivity (Wildman–Crippen MR) is 134 cm³/mol. The summed E-state index contributed by atoms with van der Waals surface area (Å²) in [7, 11) is 3.17. The number of benzene rings is 2. The molecule has 2 aromatic carbocycles. The van der Waals surface area contributed by atoms with Gasteiger partial charge in [-0.3, -0.25) is 9.69 Å². The van der Waals surface area contributed by atoms with Crippen LogP contribution in [0.4, 0.5) is 5.69 Å². The summed E-state index contributed by atoms with van der Waals surface area (Å²) in [6.45, 7) is 5.87. The summed E-state index contributed by atoms with van der Waals surface area (Å²) in [4.78, 5) is 19.3. The molecule has 1 aliphatic rings. The molecule has 1 aromatic heterocycles. The Hall–Kier alpha value is -3.03. The maximum Gasteiger partial charge on any atom is 0.251 e. The largest absolute Gasteiger partial charge is 0.497 e. The summed E-state index contributed by atoms with van der Waals surface area (Å²) in [5.74, 6) is 1.06. The Kier molecular flexibility index (Phi) is 7.52. The molecule has 1 saturated heterocycles. The summed E-state index contributed by atoms with van der Waals surface area (Å²) in [6, 6.07) is 20.1. The molecule has 1 amide bonds. The molecule has 3 aromatic rings. The zero-order chi connectivity index (χ0) is 23.2. The van der Waals surface area contributed by atoms with Crippen LogP contribution in [0, 0.1) is 0 Å². The molecule has 2 heterocycles. The van der Waals surface area contributed by atoms with Crippen molar-refractivity contribution in [1.29, 1.82) is 0 Å². The van der Waals surface area contributed by atoms with Crippen LogP contribution in [-0.4, -0.2) is 57.2 Å². The first-order valence-electron chi connectivity index (χ1n) is 11.2. The normalized spacial score (nSPS) is 16.2. The number of carbonyl (C=O) groups excluding carboxylic acids is 1. The van der Waals surface area contributed by atoms with Gasteiger partial charge in [0.05, 0.1) is 20.3 Å². The molecule has 1 N–H and O–H groups in total. The van der Waals surface area contributed by atoms with Gasteiger partial charge in [0.15, 0.2) is 0 Å². The number of carbonyl (C=O) groups is 1. The average molecular weight is 466 g/mol. The Morgan fingerprint density at radius 3 is 2.18 bits per heavy atom. The van der Waals surface area contributed by atoms with Crippen LogP contribution in [0.2, 0.25) is 0 Å². The summed E-state index contributed by atoms with van der Waals surface area (Å²) in [5.41, 5.74) is 1.79. The van der Waals surface area contributed by atoms with Crippen LogP contribution < -0.4 is 19.7 Å². The predicted octanol–water partition coefficient (Wildman–Crippen LogP) is 4.45. The van der Waals surface area contributed by atoms with Crippen molar-refractivity contribution in [2.45, 2.75) is 19.0 Å². The molecular weight excluding hydrogens is 434 g/mol. The van der Waals surface area contributed by atoms with E-state index in [-0.39, 0.29) is 18.0 Å². The van der Waals surface area contributed by atoms with Crippen molar-refractivity contribution in [3.8, 4) is 11.5 Å². The highest BCUT2D eigenvalue weighted by atomic mass is 32.1. The first-order valence-corrected chi connectivity index (χ1v) is 12.1. The van der Waals surface area contributed by atoms with Gasteiger partial charge in [-0.2, -0.15) is 0 Å². The lowest BCUT2D eigenvalue weighted by Gasteiger charge is -2.42. The van der Waals surface area contributed by atoms with E-state index < -0.39 is 0 Å². The highest BCUT2D eigenvalue weighted by Gasteiger charge is 2.31. The molecule has 33 heavy (non-hydrogen) atoms. The van der Waals surface area contributed by atoms with Gasteiger partial charge in [0.25, 0.3) is 5.91 Å². The minimum absolute atomic E-state index is 0.0726. The fourth-order valence-corrected chi connectivity index (χ4v) is 5.37. The molecule has 0 unspecified atom stereocenters. The van der Waals surface area contributed by atoms with Crippen LogP contribution in [0.1, 0.15) is 28.2 Å². The zero-order valence-corrected chi connectivity index (χ0v) is 20.2. The fraction of sp³-hybridized carbons (Fsp3) is 0.346. The quantitative estimate of drug-likeness (QED) is 0.533. The molecule has 2 atom stereocenters. The van der Waals surface area contributed by atoms with Gasteiger partial charge < -0.3 is 19.7 Å². The van der Waals surface area contributed by atoms with E-state index in [1.54, 1.807) is 43.8 Å². The lowest BCUT2D eigenvalue weighted by molar-refractivity contribution is 0.0890. The van der Waals surface area contributed by atoms with Gasteiger partial charge in [-0.1, -0.05) is 24.3 Å². The van der Waals surface area contributed by atoms with Crippen molar-refractivity contribution < 1.29 is 14.3 Å². The SMILES string of the molecule is COc1cc(OC)cc(C(=O)N[C@@H](C)[C@H](c2cccs2)N2CCN(c3ccccc3)CC2)c1. The van der Waals surface area contributed by atoms with E-state index in [1.165, 1.54) is 10.6 Å². The molecule has 0 radical (unpaired) electrons. The number of nitrogens with zero attached hydrogens (tertiary/aromatic N) is 2. The second kappa shape index (κ2) is 10.7. The molecule has 0 saturated carbocycles. The minimum atomic E-state index is -0.135. The van der Waals surface area contributed by atoms with Crippen LogP contribution in [0.25, 0.3) is 0 Å². The van der Waals surface area contributed by atoms with Gasteiger partial charge in [0, 0.05) is 54.4 Å². The molecule has 1 aliphatic heterocycles. The molecule has 1 fully saturated rings. The van der Waals surface area contributed by atoms with Gasteiger partial charge >= 0.3 is 0 Å². The maximum absolute atomic E-state index is 13.1. The van der Waals surface area contributed by atoms with E-state index in [9.17, 15) is 4.79 Å². The Labute approximate surface area is 199 Å². The van der Waals surface area contributed by atoms with Crippen molar-refractivity contribution in [2.24, 2.45) is 0 Å². The average Bonchev–Trinajstić information content (AvgIpc) is 3.39. The number of piperazine rings is 1. The fourth-order valence-electron chi connectivity index (χ4n) is 4.41. The van der Waals surface area contributed by atoms with Gasteiger partial charge in [-0.15, -0.1) is 11.3 Å². The van der Waals surface area contributed by atoms with Crippen LogP contribution in [0.3, 0.4) is 0 Å². The number of nitrogens with one attached hydrogen (secondary N) is 1.